The van der Waals surface area contributed by atoms with Crippen LogP contribution in [0.15, 0.2) is 28.2 Å². The molecule has 120 valence electrons. The molecule has 0 aliphatic heterocycles. The number of nitrogens with zero attached hydrogens (tertiary/aromatic N) is 3. The lowest BCUT2D eigenvalue weighted by atomic mass is 10.1. The summed E-state index contributed by atoms with van der Waals surface area (Å²) in [6.45, 7) is 4.10. The van der Waals surface area contributed by atoms with Crippen molar-refractivity contribution < 1.29 is 4.74 Å². The number of anilines is 2. The van der Waals surface area contributed by atoms with Crippen LogP contribution >= 0.6 is 27.3 Å². The standard InChI is InChI=1S/C16H17BrN4OS/c1-9-5-6-11(22-4)10(2)13(9)19-15-12(17)14(21(3)20-15)16-18-7-8-23-16/h5-8H,1-4H3,(H,19,20). The monoisotopic (exact) mass is 392 g/mol. The summed E-state index contributed by atoms with van der Waals surface area (Å²) < 4.78 is 8.14. The number of hydrogen-bond acceptors (Lipinski definition) is 5. The normalized spacial score (nSPS) is 10.8. The van der Waals surface area contributed by atoms with Crippen molar-refractivity contribution in [3.05, 3.63) is 39.3 Å². The highest BCUT2D eigenvalue weighted by atomic mass is 79.9. The van der Waals surface area contributed by atoms with Crippen molar-refractivity contribution in [1.82, 2.24) is 14.8 Å². The third-order valence-electron chi connectivity index (χ3n) is 3.71. The number of benzene rings is 1. The van der Waals surface area contributed by atoms with E-state index in [0.29, 0.717) is 0 Å². The molecule has 0 amide bonds. The van der Waals surface area contributed by atoms with Crippen molar-refractivity contribution in [2.24, 2.45) is 7.05 Å². The molecule has 0 saturated carbocycles. The number of methoxy groups -OCH3 is 1. The second-order valence-corrected chi connectivity index (χ2v) is 6.87. The first-order chi connectivity index (χ1) is 11.0. The summed E-state index contributed by atoms with van der Waals surface area (Å²) in [5.41, 5.74) is 4.16. The molecule has 0 atom stereocenters. The minimum absolute atomic E-state index is 0.761. The maximum absolute atomic E-state index is 5.41. The van der Waals surface area contributed by atoms with Crippen LogP contribution in [0.25, 0.3) is 10.7 Å². The maximum Gasteiger partial charge on any atom is 0.167 e. The number of aryl methyl sites for hydroxylation is 2. The Hall–Kier alpha value is -1.86. The van der Waals surface area contributed by atoms with Crippen LogP contribution in [0.5, 0.6) is 5.75 Å². The third-order valence-corrected chi connectivity index (χ3v) is 5.24. The first-order valence-electron chi connectivity index (χ1n) is 7.06. The van der Waals surface area contributed by atoms with E-state index in [2.05, 4.69) is 38.3 Å². The van der Waals surface area contributed by atoms with Gasteiger partial charge in [0.1, 0.15) is 16.5 Å². The minimum Gasteiger partial charge on any atom is -0.496 e. The molecule has 0 saturated heterocycles. The SMILES string of the molecule is COc1ccc(C)c(Nc2nn(C)c(-c3nccs3)c2Br)c1C. The van der Waals surface area contributed by atoms with Crippen molar-refractivity contribution in [2.45, 2.75) is 13.8 Å². The summed E-state index contributed by atoms with van der Waals surface area (Å²) in [6, 6.07) is 4.01. The van der Waals surface area contributed by atoms with Crippen LogP contribution in [0, 0.1) is 13.8 Å². The predicted octanol–water partition coefficient (Wildman–Crippen LogP) is 4.68. The Balaban J connectivity index is 2.04. The van der Waals surface area contributed by atoms with E-state index < -0.39 is 0 Å². The fourth-order valence-corrected chi connectivity index (χ4v) is 3.98. The lowest BCUT2D eigenvalue weighted by Crippen LogP contribution is -2.00. The van der Waals surface area contributed by atoms with Gasteiger partial charge in [-0.3, -0.25) is 4.68 Å². The van der Waals surface area contributed by atoms with E-state index in [1.807, 2.05) is 36.2 Å². The van der Waals surface area contributed by atoms with Crippen molar-refractivity contribution in [2.75, 3.05) is 12.4 Å². The van der Waals surface area contributed by atoms with Gasteiger partial charge in [0, 0.05) is 29.9 Å². The molecule has 23 heavy (non-hydrogen) atoms. The summed E-state index contributed by atoms with van der Waals surface area (Å²) >= 11 is 5.24. The van der Waals surface area contributed by atoms with E-state index in [4.69, 9.17) is 4.74 Å². The van der Waals surface area contributed by atoms with Gasteiger partial charge >= 0.3 is 0 Å². The van der Waals surface area contributed by atoms with Crippen LogP contribution in [-0.4, -0.2) is 21.9 Å². The van der Waals surface area contributed by atoms with Gasteiger partial charge in [-0.05, 0) is 41.4 Å². The van der Waals surface area contributed by atoms with Gasteiger partial charge in [-0.15, -0.1) is 11.3 Å². The Bertz CT molecular complexity index is 842. The van der Waals surface area contributed by atoms with Crippen molar-refractivity contribution in [1.29, 1.82) is 0 Å². The number of halogens is 1. The van der Waals surface area contributed by atoms with E-state index >= 15 is 0 Å². The zero-order chi connectivity index (χ0) is 16.6. The Labute approximate surface area is 147 Å². The summed E-state index contributed by atoms with van der Waals surface area (Å²) in [7, 11) is 3.59. The molecule has 1 aromatic carbocycles. The Morgan fingerprint density at radius 1 is 1.30 bits per heavy atom. The molecule has 0 aliphatic rings. The van der Waals surface area contributed by atoms with Crippen LogP contribution in [0.1, 0.15) is 11.1 Å². The number of nitrogens with one attached hydrogen (secondary N) is 1. The van der Waals surface area contributed by atoms with Crippen LogP contribution in [-0.2, 0) is 7.05 Å². The zero-order valence-corrected chi connectivity index (χ0v) is 15.7. The van der Waals surface area contributed by atoms with Crippen LogP contribution in [0.3, 0.4) is 0 Å². The summed E-state index contributed by atoms with van der Waals surface area (Å²) in [6.07, 6.45) is 1.79. The molecule has 7 heteroatoms. The zero-order valence-electron chi connectivity index (χ0n) is 13.3. The molecule has 3 rings (SSSR count). The molecule has 0 fully saturated rings. The van der Waals surface area contributed by atoms with E-state index in [0.717, 1.165) is 43.6 Å². The smallest absolute Gasteiger partial charge is 0.167 e. The molecular formula is C16H17BrN4OS. The molecule has 2 heterocycles. The Morgan fingerprint density at radius 2 is 2.09 bits per heavy atom. The largest absolute Gasteiger partial charge is 0.496 e. The van der Waals surface area contributed by atoms with Gasteiger partial charge in [-0.2, -0.15) is 5.10 Å². The highest BCUT2D eigenvalue weighted by Crippen LogP contribution is 2.38. The Morgan fingerprint density at radius 3 is 2.74 bits per heavy atom. The topological polar surface area (TPSA) is 52.0 Å². The summed E-state index contributed by atoms with van der Waals surface area (Å²) in [4.78, 5) is 4.37. The molecule has 0 spiro atoms. The second kappa shape index (κ2) is 6.33. The molecule has 3 aromatic rings. The lowest BCUT2D eigenvalue weighted by Gasteiger charge is -2.14. The van der Waals surface area contributed by atoms with Gasteiger partial charge in [0.15, 0.2) is 5.82 Å². The molecule has 0 aliphatic carbocycles. The lowest BCUT2D eigenvalue weighted by molar-refractivity contribution is 0.412. The van der Waals surface area contributed by atoms with E-state index in [9.17, 15) is 0 Å². The fraction of sp³-hybridized carbons (Fsp3) is 0.250. The summed E-state index contributed by atoms with van der Waals surface area (Å²) in [5, 5.41) is 10.9. The van der Waals surface area contributed by atoms with Gasteiger partial charge in [0.2, 0.25) is 0 Å². The molecule has 0 unspecified atom stereocenters. The molecule has 5 nitrogen and oxygen atoms in total. The van der Waals surface area contributed by atoms with Gasteiger partial charge in [-0.1, -0.05) is 6.07 Å². The minimum atomic E-state index is 0.761. The predicted molar refractivity (Wildman–Crippen MR) is 97.8 cm³/mol. The fourth-order valence-electron chi connectivity index (χ4n) is 2.51. The highest BCUT2D eigenvalue weighted by molar-refractivity contribution is 9.10. The number of hydrogen-bond donors (Lipinski definition) is 1. The van der Waals surface area contributed by atoms with Gasteiger partial charge in [-0.25, -0.2) is 4.98 Å². The quantitative estimate of drug-likeness (QED) is 0.700. The van der Waals surface area contributed by atoms with Crippen LogP contribution < -0.4 is 10.1 Å². The van der Waals surface area contributed by atoms with Gasteiger partial charge in [0.05, 0.1) is 11.6 Å². The highest BCUT2D eigenvalue weighted by Gasteiger charge is 2.19. The van der Waals surface area contributed by atoms with Crippen molar-refractivity contribution in [3.63, 3.8) is 0 Å². The Kier molecular flexibility index (Phi) is 4.41. The molecule has 0 bridgehead atoms. The van der Waals surface area contributed by atoms with E-state index in [1.54, 1.807) is 24.6 Å². The van der Waals surface area contributed by atoms with E-state index in [1.165, 1.54) is 0 Å². The first-order valence-corrected chi connectivity index (χ1v) is 8.73. The average Bonchev–Trinajstić information content (AvgIpc) is 3.12. The second-order valence-electron chi connectivity index (χ2n) is 5.18. The summed E-state index contributed by atoms with van der Waals surface area (Å²) in [5.74, 6) is 1.61. The van der Waals surface area contributed by atoms with Crippen molar-refractivity contribution >= 4 is 38.8 Å². The third kappa shape index (κ3) is 2.86. The molecular weight excluding hydrogens is 376 g/mol. The number of thiazole rings is 1. The number of aromatic nitrogens is 3. The van der Waals surface area contributed by atoms with Gasteiger partial charge in [0.25, 0.3) is 0 Å². The van der Waals surface area contributed by atoms with E-state index in [-0.39, 0.29) is 0 Å². The maximum atomic E-state index is 5.41. The first kappa shape index (κ1) is 16.0. The number of rotatable bonds is 4. The molecule has 2 aromatic heterocycles. The van der Waals surface area contributed by atoms with Crippen LogP contribution in [0.4, 0.5) is 11.5 Å². The number of ether oxygens (including phenoxy) is 1. The van der Waals surface area contributed by atoms with Gasteiger partial charge < -0.3 is 10.1 Å². The average molecular weight is 393 g/mol. The molecule has 0 radical (unpaired) electrons. The van der Waals surface area contributed by atoms with Crippen LogP contribution in [0.2, 0.25) is 0 Å². The van der Waals surface area contributed by atoms with Crippen molar-refractivity contribution in [3.8, 4) is 16.5 Å². The molecule has 1 N–H and O–H groups in total.